The molecule has 9 heteroatoms. The van der Waals surface area contributed by atoms with Crippen LogP contribution in [0.2, 0.25) is 0 Å². The van der Waals surface area contributed by atoms with Crippen LogP contribution >= 0.6 is 0 Å². The summed E-state index contributed by atoms with van der Waals surface area (Å²) in [6.45, 7) is 0.149. The van der Waals surface area contributed by atoms with E-state index in [1.807, 2.05) is 12.2 Å². The summed E-state index contributed by atoms with van der Waals surface area (Å²) in [6.07, 6.45) is 2.75. The number of benzene rings is 3. The number of carbonyl (C=O) groups is 2. The molecule has 1 aliphatic rings. The summed E-state index contributed by atoms with van der Waals surface area (Å²) in [7, 11) is 1.55. The van der Waals surface area contributed by atoms with Gasteiger partial charge in [0, 0.05) is 30.8 Å². The second-order valence-corrected chi connectivity index (χ2v) is 8.26. The van der Waals surface area contributed by atoms with Crippen molar-refractivity contribution in [2.75, 3.05) is 12.4 Å². The van der Waals surface area contributed by atoms with Crippen molar-refractivity contribution >= 4 is 17.6 Å². The van der Waals surface area contributed by atoms with Gasteiger partial charge in [-0.1, -0.05) is 48.6 Å². The molecule has 0 spiro atoms. The smallest absolute Gasteiger partial charge is 0.416 e. The zero-order chi connectivity index (χ0) is 26.4. The van der Waals surface area contributed by atoms with E-state index in [9.17, 15) is 22.8 Å². The highest BCUT2D eigenvalue weighted by Gasteiger charge is 2.31. The minimum absolute atomic E-state index is 0.0938. The molecule has 0 unspecified atom stereocenters. The number of carbonyl (C=O) groups excluding carboxylic acids is 2. The molecule has 6 nitrogen and oxygen atoms in total. The molecule has 190 valence electrons. The van der Waals surface area contributed by atoms with E-state index in [0.29, 0.717) is 22.6 Å². The summed E-state index contributed by atoms with van der Waals surface area (Å²) < 4.78 is 45.5. The van der Waals surface area contributed by atoms with Gasteiger partial charge < -0.3 is 20.7 Å². The molecule has 3 N–H and O–H groups in total. The lowest BCUT2D eigenvalue weighted by atomic mass is 9.97. The summed E-state index contributed by atoms with van der Waals surface area (Å²) >= 11 is 0. The van der Waals surface area contributed by atoms with E-state index in [-0.39, 0.29) is 24.1 Å². The van der Waals surface area contributed by atoms with Crippen molar-refractivity contribution in [2.24, 2.45) is 0 Å². The third kappa shape index (κ3) is 6.58. The molecule has 0 heterocycles. The molecule has 0 aromatic heterocycles. The second-order valence-electron chi connectivity index (χ2n) is 8.26. The SMILES string of the molecule is CNC(=O)c1cccc(Oc2ccc(CNC(=O)Nc3cc(C(F)(F)F)ccc3C3C=CC=C3)cc2)c1. The van der Waals surface area contributed by atoms with Gasteiger partial charge in [0.1, 0.15) is 11.5 Å². The van der Waals surface area contributed by atoms with Crippen LogP contribution in [-0.2, 0) is 12.7 Å². The van der Waals surface area contributed by atoms with Crippen LogP contribution in [0.4, 0.5) is 23.7 Å². The third-order valence-corrected chi connectivity index (χ3v) is 5.67. The Morgan fingerprint density at radius 1 is 0.919 bits per heavy atom. The van der Waals surface area contributed by atoms with Crippen molar-refractivity contribution in [3.63, 3.8) is 0 Å². The van der Waals surface area contributed by atoms with E-state index in [1.54, 1.807) is 67.7 Å². The van der Waals surface area contributed by atoms with Crippen molar-refractivity contribution in [1.82, 2.24) is 10.6 Å². The number of alkyl halides is 3. The average Bonchev–Trinajstić information content (AvgIpc) is 3.42. The Morgan fingerprint density at radius 2 is 1.65 bits per heavy atom. The van der Waals surface area contributed by atoms with Crippen molar-refractivity contribution in [3.8, 4) is 11.5 Å². The van der Waals surface area contributed by atoms with E-state index >= 15 is 0 Å². The van der Waals surface area contributed by atoms with E-state index in [0.717, 1.165) is 17.7 Å². The fraction of sp³-hybridized carbons (Fsp3) is 0.143. The number of halogens is 3. The number of hydrogen-bond acceptors (Lipinski definition) is 3. The summed E-state index contributed by atoms with van der Waals surface area (Å²) in [5.41, 5.74) is 1.05. The first kappa shape index (κ1) is 25.6. The highest BCUT2D eigenvalue weighted by molar-refractivity contribution is 5.94. The largest absolute Gasteiger partial charge is 0.457 e. The summed E-state index contributed by atoms with van der Waals surface area (Å²) in [5.74, 6) is 0.587. The molecule has 0 bridgehead atoms. The van der Waals surface area contributed by atoms with Crippen LogP contribution in [0.15, 0.2) is 91.0 Å². The third-order valence-electron chi connectivity index (χ3n) is 5.67. The minimum Gasteiger partial charge on any atom is -0.457 e. The normalized spacial score (nSPS) is 12.9. The predicted octanol–water partition coefficient (Wildman–Crippen LogP) is 6.39. The Balaban J connectivity index is 1.38. The van der Waals surface area contributed by atoms with Gasteiger partial charge >= 0.3 is 12.2 Å². The number of hydrogen-bond donors (Lipinski definition) is 3. The van der Waals surface area contributed by atoms with Crippen LogP contribution in [0.25, 0.3) is 0 Å². The average molecular weight is 508 g/mol. The van der Waals surface area contributed by atoms with Crippen LogP contribution in [0, 0.1) is 0 Å². The van der Waals surface area contributed by atoms with E-state index in [1.165, 1.54) is 6.07 Å². The van der Waals surface area contributed by atoms with Crippen LogP contribution in [0.3, 0.4) is 0 Å². The number of allylic oxidation sites excluding steroid dienone is 4. The molecule has 0 atom stereocenters. The van der Waals surface area contributed by atoms with Crippen LogP contribution in [0.5, 0.6) is 11.5 Å². The fourth-order valence-electron chi connectivity index (χ4n) is 3.78. The minimum atomic E-state index is -4.53. The van der Waals surface area contributed by atoms with E-state index in [2.05, 4.69) is 16.0 Å². The number of ether oxygens (including phenoxy) is 1. The fourth-order valence-corrected chi connectivity index (χ4v) is 3.78. The van der Waals surface area contributed by atoms with Gasteiger partial charge in [-0.3, -0.25) is 4.79 Å². The Morgan fingerprint density at radius 3 is 2.32 bits per heavy atom. The Kier molecular flexibility index (Phi) is 7.62. The van der Waals surface area contributed by atoms with Gasteiger partial charge in [-0.25, -0.2) is 4.79 Å². The lowest BCUT2D eigenvalue weighted by Crippen LogP contribution is -2.29. The monoisotopic (exact) mass is 507 g/mol. The quantitative estimate of drug-likeness (QED) is 0.347. The van der Waals surface area contributed by atoms with Crippen LogP contribution in [0.1, 0.15) is 33.0 Å². The molecular formula is C28H24F3N3O3. The van der Waals surface area contributed by atoms with Crippen molar-refractivity contribution in [2.45, 2.75) is 18.6 Å². The maximum atomic E-state index is 13.2. The van der Waals surface area contributed by atoms with Crippen molar-refractivity contribution in [1.29, 1.82) is 0 Å². The van der Waals surface area contributed by atoms with Crippen LogP contribution < -0.4 is 20.7 Å². The first-order valence-corrected chi connectivity index (χ1v) is 11.4. The van der Waals surface area contributed by atoms with Gasteiger partial charge in [0.05, 0.1) is 5.56 Å². The number of anilines is 1. The molecule has 3 aromatic carbocycles. The first-order chi connectivity index (χ1) is 17.7. The van der Waals surface area contributed by atoms with E-state index in [4.69, 9.17) is 4.74 Å². The van der Waals surface area contributed by atoms with Gasteiger partial charge in [-0.2, -0.15) is 13.2 Å². The zero-order valence-corrected chi connectivity index (χ0v) is 19.8. The molecule has 0 saturated carbocycles. The maximum Gasteiger partial charge on any atom is 0.416 e. The molecular weight excluding hydrogens is 483 g/mol. The Labute approximate surface area is 211 Å². The first-order valence-electron chi connectivity index (χ1n) is 11.4. The Hall–Kier alpha value is -4.53. The van der Waals surface area contributed by atoms with Gasteiger partial charge in [0.2, 0.25) is 0 Å². The van der Waals surface area contributed by atoms with Gasteiger partial charge in [-0.05, 0) is 53.6 Å². The number of rotatable bonds is 7. The van der Waals surface area contributed by atoms with Crippen molar-refractivity contribution < 1.29 is 27.5 Å². The van der Waals surface area contributed by atoms with Gasteiger partial charge in [-0.15, -0.1) is 0 Å². The molecule has 1 aliphatic carbocycles. The molecule has 0 aliphatic heterocycles. The zero-order valence-electron chi connectivity index (χ0n) is 19.8. The number of urea groups is 1. The van der Waals surface area contributed by atoms with Gasteiger partial charge in [0.25, 0.3) is 5.91 Å². The Bertz CT molecular complexity index is 1340. The second kappa shape index (κ2) is 11.0. The molecule has 0 radical (unpaired) electrons. The maximum absolute atomic E-state index is 13.2. The highest BCUT2D eigenvalue weighted by atomic mass is 19.4. The van der Waals surface area contributed by atoms with E-state index < -0.39 is 17.8 Å². The number of amides is 3. The highest BCUT2D eigenvalue weighted by Crippen LogP contribution is 2.36. The molecule has 3 amide bonds. The lowest BCUT2D eigenvalue weighted by molar-refractivity contribution is -0.137. The summed E-state index contributed by atoms with van der Waals surface area (Å²) in [6, 6.07) is 16.4. The van der Waals surface area contributed by atoms with Gasteiger partial charge in [0.15, 0.2) is 0 Å². The van der Waals surface area contributed by atoms with Crippen LogP contribution in [-0.4, -0.2) is 19.0 Å². The summed E-state index contributed by atoms with van der Waals surface area (Å²) in [4.78, 5) is 24.3. The number of nitrogens with one attached hydrogen (secondary N) is 3. The van der Waals surface area contributed by atoms with Crippen molar-refractivity contribution in [3.05, 3.63) is 113 Å². The molecule has 0 fully saturated rings. The predicted molar refractivity (Wildman–Crippen MR) is 135 cm³/mol. The molecule has 4 rings (SSSR count). The molecule has 3 aromatic rings. The lowest BCUT2D eigenvalue weighted by Gasteiger charge is -2.17. The molecule has 37 heavy (non-hydrogen) atoms. The molecule has 0 saturated heterocycles. The summed E-state index contributed by atoms with van der Waals surface area (Å²) in [5, 5.41) is 7.78. The standard InChI is InChI=1S/C28H24F3N3O3/c1-32-26(35)20-7-4-8-23(15-20)37-22-12-9-18(10-13-22)17-33-27(36)34-25-16-21(28(29,30)31)11-14-24(25)19-5-2-3-6-19/h2-16,19H,17H2,1H3,(H,32,35)(H2,33,34,36). The topological polar surface area (TPSA) is 79.5 Å².